The molecule has 3 rings (SSSR count). The van der Waals surface area contributed by atoms with Crippen molar-refractivity contribution in [2.75, 3.05) is 0 Å². The Labute approximate surface area is 138 Å². The number of nitrogens with one attached hydrogen (secondary N) is 1. The minimum Gasteiger partial charge on any atom is -0.482 e. The molecule has 2 aromatic rings. The molecule has 0 bridgehead atoms. The van der Waals surface area contributed by atoms with E-state index in [9.17, 15) is 13.6 Å². The first-order valence-corrected chi connectivity index (χ1v) is 7.63. The van der Waals surface area contributed by atoms with Crippen LogP contribution < -0.4 is 14.8 Å². The Balaban J connectivity index is 1.71. The molecule has 24 heavy (non-hydrogen) atoms. The van der Waals surface area contributed by atoms with E-state index >= 15 is 0 Å². The Hall–Kier alpha value is -2.63. The first kappa shape index (κ1) is 16.2. The molecular formula is C18H17F2NO3. The standard InChI is InChI=1S/C18H17F2NO3/c1-10(12-7-8-13(19)14(20)9-12)21-18(22)17-11(2)23-15-5-3-4-6-16(15)24-17/h3-11,17H,1-2H3,(H,21,22). The quantitative estimate of drug-likeness (QED) is 0.937. The van der Waals surface area contributed by atoms with Gasteiger partial charge in [-0.2, -0.15) is 0 Å². The number of halogens is 2. The van der Waals surface area contributed by atoms with Gasteiger partial charge in [0.05, 0.1) is 6.04 Å². The highest BCUT2D eigenvalue weighted by atomic mass is 19.2. The van der Waals surface area contributed by atoms with Gasteiger partial charge in [-0.25, -0.2) is 8.78 Å². The van der Waals surface area contributed by atoms with Gasteiger partial charge in [0, 0.05) is 0 Å². The lowest BCUT2D eigenvalue weighted by Gasteiger charge is -2.31. The van der Waals surface area contributed by atoms with Crippen LogP contribution in [-0.2, 0) is 4.79 Å². The van der Waals surface area contributed by atoms with Gasteiger partial charge in [-0.05, 0) is 43.7 Å². The molecule has 0 aliphatic carbocycles. The summed E-state index contributed by atoms with van der Waals surface area (Å²) < 4.78 is 37.7. The van der Waals surface area contributed by atoms with E-state index in [2.05, 4.69) is 5.32 Å². The van der Waals surface area contributed by atoms with E-state index in [0.29, 0.717) is 17.1 Å². The summed E-state index contributed by atoms with van der Waals surface area (Å²) in [5.74, 6) is -1.17. The zero-order chi connectivity index (χ0) is 17.3. The van der Waals surface area contributed by atoms with Crippen molar-refractivity contribution >= 4 is 5.91 Å². The molecule has 6 heteroatoms. The summed E-state index contributed by atoms with van der Waals surface area (Å²) in [5.41, 5.74) is 0.465. The smallest absolute Gasteiger partial charge is 0.265 e. The van der Waals surface area contributed by atoms with Gasteiger partial charge >= 0.3 is 0 Å². The summed E-state index contributed by atoms with van der Waals surface area (Å²) in [6.45, 7) is 3.43. The molecule has 3 atom stereocenters. The van der Waals surface area contributed by atoms with E-state index in [1.807, 2.05) is 6.07 Å². The van der Waals surface area contributed by atoms with Gasteiger partial charge in [0.1, 0.15) is 6.10 Å². The molecule has 1 amide bonds. The molecule has 4 nitrogen and oxygen atoms in total. The van der Waals surface area contributed by atoms with E-state index in [0.717, 1.165) is 12.1 Å². The second-order valence-corrected chi connectivity index (χ2v) is 5.71. The third-order valence-corrected chi connectivity index (χ3v) is 3.90. The predicted octanol–water partition coefficient (Wildman–Crippen LogP) is 3.37. The fraction of sp³-hybridized carbons (Fsp3) is 0.278. The van der Waals surface area contributed by atoms with Crippen LogP contribution in [0.5, 0.6) is 11.5 Å². The minimum absolute atomic E-state index is 0.380. The SMILES string of the molecule is CC(NC(=O)C1Oc2ccccc2OC1C)c1ccc(F)c(F)c1. The number of benzene rings is 2. The van der Waals surface area contributed by atoms with Crippen molar-refractivity contribution in [3.63, 3.8) is 0 Å². The van der Waals surface area contributed by atoms with Crippen LogP contribution in [0.1, 0.15) is 25.5 Å². The minimum atomic E-state index is -0.951. The summed E-state index contributed by atoms with van der Waals surface area (Å²) in [6.07, 6.45) is -1.30. The average molecular weight is 333 g/mol. The van der Waals surface area contributed by atoms with E-state index in [-0.39, 0.29) is 5.91 Å². The number of para-hydroxylation sites is 2. The third kappa shape index (κ3) is 3.18. The van der Waals surface area contributed by atoms with Crippen LogP contribution in [0.4, 0.5) is 8.78 Å². The van der Waals surface area contributed by atoms with Crippen LogP contribution in [0.15, 0.2) is 42.5 Å². The number of amides is 1. The highest BCUT2D eigenvalue weighted by molar-refractivity contribution is 5.82. The summed E-state index contributed by atoms with van der Waals surface area (Å²) in [4.78, 5) is 12.5. The summed E-state index contributed by atoms with van der Waals surface area (Å²) in [7, 11) is 0. The van der Waals surface area contributed by atoms with Gasteiger partial charge < -0.3 is 14.8 Å². The highest BCUT2D eigenvalue weighted by Crippen LogP contribution is 2.33. The summed E-state index contributed by atoms with van der Waals surface area (Å²) in [5, 5.41) is 2.74. The average Bonchev–Trinajstić information content (AvgIpc) is 2.56. The van der Waals surface area contributed by atoms with Gasteiger partial charge in [0.15, 0.2) is 23.1 Å². The van der Waals surface area contributed by atoms with Crippen molar-refractivity contribution < 1.29 is 23.0 Å². The van der Waals surface area contributed by atoms with Crippen LogP contribution >= 0.6 is 0 Å². The third-order valence-electron chi connectivity index (χ3n) is 3.90. The van der Waals surface area contributed by atoms with Crippen molar-refractivity contribution in [1.82, 2.24) is 5.32 Å². The second kappa shape index (κ2) is 6.47. The fourth-order valence-corrected chi connectivity index (χ4v) is 2.57. The number of ether oxygens (including phenoxy) is 2. The van der Waals surface area contributed by atoms with Crippen LogP contribution in [0, 0.1) is 11.6 Å². The normalized spacial score (nSPS) is 20.3. The monoisotopic (exact) mass is 333 g/mol. The maximum absolute atomic E-state index is 13.3. The van der Waals surface area contributed by atoms with Crippen molar-refractivity contribution in [2.24, 2.45) is 0 Å². The first-order chi connectivity index (χ1) is 11.5. The summed E-state index contributed by atoms with van der Waals surface area (Å²) in [6, 6.07) is 10.1. The molecule has 2 aromatic carbocycles. The molecule has 1 N–H and O–H groups in total. The van der Waals surface area contributed by atoms with Crippen LogP contribution in [0.25, 0.3) is 0 Å². The molecule has 0 radical (unpaired) electrons. The second-order valence-electron chi connectivity index (χ2n) is 5.71. The van der Waals surface area contributed by atoms with Crippen molar-refractivity contribution in [1.29, 1.82) is 0 Å². The topological polar surface area (TPSA) is 47.6 Å². The van der Waals surface area contributed by atoms with Crippen molar-refractivity contribution in [3.8, 4) is 11.5 Å². The number of hydrogen-bond donors (Lipinski definition) is 1. The van der Waals surface area contributed by atoms with E-state index in [1.165, 1.54) is 6.07 Å². The number of fused-ring (bicyclic) bond motifs is 1. The molecular weight excluding hydrogens is 316 g/mol. The predicted molar refractivity (Wildman–Crippen MR) is 83.9 cm³/mol. The maximum Gasteiger partial charge on any atom is 0.265 e. The van der Waals surface area contributed by atoms with E-state index in [1.54, 1.807) is 32.0 Å². The van der Waals surface area contributed by atoms with Crippen LogP contribution in [-0.4, -0.2) is 18.1 Å². The number of carbonyl (C=O) groups is 1. The zero-order valence-electron chi connectivity index (χ0n) is 13.3. The molecule has 0 saturated heterocycles. The van der Waals surface area contributed by atoms with Gasteiger partial charge in [0.25, 0.3) is 5.91 Å². The Morgan fingerprint density at radius 3 is 2.42 bits per heavy atom. The lowest BCUT2D eigenvalue weighted by atomic mass is 10.1. The van der Waals surface area contributed by atoms with Gasteiger partial charge in [0.2, 0.25) is 6.10 Å². The van der Waals surface area contributed by atoms with Crippen molar-refractivity contribution in [2.45, 2.75) is 32.1 Å². The van der Waals surface area contributed by atoms with Gasteiger partial charge in [-0.1, -0.05) is 18.2 Å². The maximum atomic E-state index is 13.3. The van der Waals surface area contributed by atoms with Crippen LogP contribution in [0.2, 0.25) is 0 Å². The Morgan fingerprint density at radius 2 is 1.75 bits per heavy atom. The van der Waals surface area contributed by atoms with E-state index in [4.69, 9.17) is 9.47 Å². The molecule has 1 aliphatic rings. The molecule has 0 spiro atoms. The number of rotatable bonds is 3. The van der Waals surface area contributed by atoms with E-state index < -0.39 is 29.9 Å². The largest absolute Gasteiger partial charge is 0.482 e. The molecule has 0 saturated carbocycles. The zero-order valence-corrected chi connectivity index (χ0v) is 13.3. The number of hydrogen-bond acceptors (Lipinski definition) is 3. The van der Waals surface area contributed by atoms with Gasteiger partial charge in [-0.3, -0.25) is 4.79 Å². The molecule has 3 unspecified atom stereocenters. The lowest BCUT2D eigenvalue weighted by Crippen LogP contribution is -2.49. The Kier molecular flexibility index (Phi) is 4.38. The highest BCUT2D eigenvalue weighted by Gasteiger charge is 2.34. The number of carbonyl (C=O) groups excluding carboxylic acids is 1. The van der Waals surface area contributed by atoms with Gasteiger partial charge in [-0.15, -0.1) is 0 Å². The van der Waals surface area contributed by atoms with Crippen LogP contribution in [0.3, 0.4) is 0 Å². The molecule has 126 valence electrons. The Bertz CT molecular complexity index is 766. The summed E-state index contributed by atoms with van der Waals surface area (Å²) >= 11 is 0. The molecule has 1 heterocycles. The molecule has 0 fully saturated rings. The van der Waals surface area contributed by atoms with Crippen molar-refractivity contribution in [3.05, 3.63) is 59.7 Å². The molecule has 1 aliphatic heterocycles. The first-order valence-electron chi connectivity index (χ1n) is 7.63. The lowest BCUT2D eigenvalue weighted by molar-refractivity contribution is -0.134. The Morgan fingerprint density at radius 1 is 1.08 bits per heavy atom. The molecule has 0 aromatic heterocycles. The fourth-order valence-electron chi connectivity index (χ4n) is 2.57.